The first kappa shape index (κ1) is 16.9. The van der Waals surface area contributed by atoms with Crippen molar-refractivity contribution in [2.45, 2.75) is 6.42 Å². The van der Waals surface area contributed by atoms with Gasteiger partial charge in [-0.1, -0.05) is 0 Å². The number of hydrogen-bond acceptors (Lipinski definition) is 3. The number of aromatic nitrogens is 3. The van der Waals surface area contributed by atoms with E-state index in [9.17, 15) is 4.79 Å². The maximum Gasteiger partial charge on any atom is 0.251 e. The second kappa shape index (κ2) is 7.37. The van der Waals surface area contributed by atoms with Gasteiger partial charge in [-0.25, -0.2) is 4.98 Å². The van der Waals surface area contributed by atoms with Gasteiger partial charge in [0.2, 0.25) is 0 Å². The van der Waals surface area contributed by atoms with Crippen molar-refractivity contribution in [2.75, 3.05) is 13.7 Å². The molecule has 0 saturated carbocycles. The second-order valence-corrected chi connectivity index (χ2v) is 6.18. The number of rotatable bonds is 6. The first-order valence-corrected chi connectivity index (χ1v) is 8.77. The van der Waals surface area contributed by atoms with Crippen LogP contribution in [0.5, 0.6) is 5.75 Å². The number of carbonyl (C=O) groups excluding carboxylic acids is 1. The average molecular weight is 360 g/mol. The largest absolute Gasteiger partial charge is 0.493 e. The Morgan fingerprint density at radius 2 is 1.85 bits per heavy atom. The van der Waals surface area contributed by atoms with E-state index in [4.69, 9.17) is 4.74 Å². The molecular formula is C21H20N4O2. The highest BCUT2D eigenvalue weighted by molar-refractivity contribution is 5.94. The quantitative estimate of drug-likeness (QED) is 0.575. The van der Waals surface area contributed by atoms with Gasteiger partial charge < -0.3 is 19.0 Å². The zero-order valence-electron chi connectivity index (χ0n) is 15.0. The Labute approximate surface area is 157 Å². The summed E-state index contributed by atoms with van der Waals surface area (Å²) >= 11 is 0. The van der Waals surface area contributed by atoms with Gasteiger partial charge in [0.15, 0.2) is 11.4 Å². The van der Waals surface area contributed by atoms with Crippen molar-refractivity contribution in [1.82, 2.24) is 19.3 Å². The number of pyridine rings is 1. The zero-order valence-corrected chi connectivity index (χ0v) is 15.0. The fourth-order valence-corrected chi connectivity index (χ4v) is 3.02. The van der Waals surface area contributed by atoms with E-state index in [1.165, 1.54) is 0 Å². The van der Waals surface area contributed by atoms with Gasteiger partial charge in [0.05, 0.1) is 12.8 Å². The van der Waals surface area contributed by atoms with Gasteiger partial charge in [0.1, 0.15) is 0 Å². The molecule has 0 saturated heterocycles. The molecule has 6 heteroatoms. The third kappa shape index (κ3) is 3.55. The normalized spacial score (nSPS) is 10.9. The molecule has 0 radical (unpaired) electrons. The molecule has 4 rings (SSSR count). The minimum atomic E-state index is -0.0876. The molecule has 1 aromatic carbocycles. The van der Waals surface area contributed by atoms with Crippen molar-refractivity contribution in [3.63, 3.8) is 0 Å². The van der Waals surface area contributed by atoms with Crippen molar-refractivity contribution < 1.29 is 9.53 Å². The van der Waals surface area contributed by atoms with E-state index in [0.29, 0.717) is 18.5 Å². The van der Waals surface area contributed by atoms with E-state index in [1.54, 1.807) is 7.11 Å². The minimum absolute atomic E-state index is 0.0876. The van der Waals surface area contributed by atoms with Gasteiger partial charge in [-0.15, -0.1) is 0 Å². The first-order chi connectivity index (χ1) is 13.2. The number of nitrogens with one attached hydrogen (secondary N) is 1. The van der Waals surface area contributed by atoms with Crippen molar-refractivity contribution in [3.8, 4) is 11.4 Å². The van der Waals surface area contributed by atoms with E-state index >= 15 is 0 Å². The van der Waals surface area contributed by atoms with Crippen LogP contribution in [-0.4, -0.2) is 33.5 Å². The number of nitrogens with zero attached hydrogens (tertiary/aromatic N) is 3. The van der Waals surface area contributed by atoms with Crippen LogP contribution in [-0.2, 0) is 6.42 Å². The van der Waals surface area contributed by atoms with Crippen LogP contribution in [0, 0.1) is 0 Å². The monoisotopic (exact) mass is 360 g/mol. The lowest BCUT2D eigenvalue weighted by molar-refractivity contribution is 0.0954. The summed E-state index contributed by atoms with van der Waals surface area (Å²) in [4.78, 5) is 16.9. The van der Waals surface area contributed by atoms with Crippen molar-refractivity contribution in [3.05, 3.63) is 84.6 Å². The molecule has 136 valence electrons. The second-order valence-electron chi connectivity index (χ2n) is 6.18. The highest BCUT2D eigenvalue weighted by Crippen LogP contribution is 2.18. The number of hydrogen-bond donors (Lipinski definition) is 1. The maximum absolute atomic E-state index is 12.3. The Hall–Kier alpha value is -3.54. The molecule has 0 aliphatic carbocycles. The Bertz CT molecular complexity index is 1050. The number of benzene rings is 1. The topological polar surface area (TPSA) is 60.6 Å². The lowest BCUT2D eigenvalue weighted by Gasteiger charge is -2.06. The van der Waals surface area contributed by atoms with Crippen LogP contribution in [0.2, 0.25) is 0 Å². The molecule has 0 aliphatic rings. The highest BCUT2D eigenvalue weighted by atomic mass is 16.5. The molecule has 27 heavy (non-hydrogen) atoms. The standard InChI is InChI=1S/C21H20N4O2/c1-27-19-5-4-14-25-15-17(23-20(19)25)10-11-22-21(26)16-6-8-18(9-7-16)24-12-2-3-13-24/h2-9,12-15H,10-11H2,1H3,(H,22,26). The van der Waals surface area contributed by atoms with Crippen molar-refractivity contribution in [1.29, 1.82) is 0 Å². The van der Waals surface area contributed by atoms with Crippen molar-refractivity contribution in [2.24, 2.45) is 0 Å². The number of fused-ring (bicyclic) bond motifs is 1. The lowest BCUT2D eigenvalue weighted by atomic mass is 10.2. The van der Waals surface area contributed by atoms with E-state index in [1.807, 2.05) is 82.3 Å². The molecule has 0 aliphatic heterocycles. The predicted octanol–water partition coefficient (Wildman–Crippen LogP) is 3.11. The molecule has 3 aromatic heterocycles. The molecule has 6 nitrogen and oxygen atoms in total. The third-order valence-corrected chi connectivity index (χ3v) is 4.42. The van der Waals surface area contributed by atoms with Crippen molar-refractivity contribution >= 4 is 11.6 Å². The molecule has 0 spiro atoms. The lowest BCUT2D eigenvalue weighted by Crippen LogP contribution is -2.25. The summed E-state index contributed by atoms with van der Waals surface area (Å²) in [6, 6.07) is 15.3. The molecule has 4 aromatic rings. The van der Waals surface area contributed by atoms with Crippen LogP contribution in [0.4, 0.5) is 0 Å². The van der Waals surface area contributed by atoms with Crippen LogP contribution >= 0.6 is 0 Å². The van der Waals surface area contributed by atoms with E-state index in [0.717, 1.165) is 22.8 Å². The Balaban J connectivity index is 1.37. The summed E-state index contributed by atoms with van der Waals surface area (Å²) in [7, 11) is 1.63. The van der Waals surface area contributed by atoms with Gasteiger partial charge in [-0.2, -0.15) is 0 Å². The van der Waals surface area contributed by atoms with Crippen LogP contribution < -0.4 is 10.1 Å². The zero-order chi connectivity index (χ0) is 18.6. The SMILES string of the molecule is COc1cccn2cc(CCNC(=O)c3ccc(-n4cccc4)cc3)nc12. The third-order valence-electron chi connectivity index (χ3n) is 4.42. The Morgan fingerprint density at radius 1 is 1.07 bits per heavy atom. The predicted molar refractivity (Wildman–Crippen MR) is 104 cm³/mol. The number of methoxy groups -OCH3 is 1. The van der Waals surface area contributed by atoms with E-state index < -0.39 is 0 Å². The fraction of sp³-hybridized carbons (Fsp3) is 0.143. The summed E-state index contributed by atoms with van der Waals surface area (Å²) < 4.78 is 9.25. The summed E-state index contributed by atoms with van der Waals surface area (Å²) in [5.74, 6) is 0.644. The maximum atomic E-state index is 12.3. The fourth-order valence-electron chi connectivity index (χ4n) is 3.02. The molecule has 0 bridgehead atoms. The molecule has 0 unspecified atom stereocenters. The molecular weight excluding hydrogens is 340 g/mol. The summed E-state index contributed by atoms with van der Waals surface area (Å²) in [5.41, 5.74) is 3.35. The van der Waals surface area contributed by atoms with Gasteiger partial charge in [0.25, 0.3) is 5.91 Å². The molecule has 0 fully saturated rings. The number of amides is 1. The molecule has 0 atom stereocenters. The molecule has 3 heterocycles. The van der Waals surface area contributed by atoms with Crippen LogP contribution in [0.1, 0.15) is 16.1 Å². The van der Waals surface area contributed by atoms with E-state index in [-0.39, 0.29) is 5.91 Å². The smallest absolute Gasteiger partial charge is 0.251 e. The number of carbonyl (C=O) groups is 1. The van der Waals surface area contributed by atoms with Gasteiger partial charge in [-0.05, 0) is 48.5 Å². The Kier molecular flexibility index (Phi) is 4.61. The van der Waals surface area contributed by atoms with Crippen LogP contribution in [0.15, 0.2) is 73.3 Å². The van der Waals surface area contributed by atoms with Gasteiger partial charge in [0, 0.05) is 49.0 Å². The summed E-state index contributed by atoms with van der Waals surface area (Å²) in [5, 5.41) is 2.95. The molecule has 1 amide bonds. The average Bonchev–Trinajstić information content (AvgIpc) is 3.37. The van der Waals surface area contributed by atoms with Crippen LogP contribution in [0.3, 0.4) is 0 Å². The van der Waals surface area contributed by atoms with Gasteiger partial charge >= 0.3 is 0 Å². The number of imidazole rings is 1. The summed E-state index contributed by atoms with van der Waals surface area (Å²) in [6.07, 6.45) is 8.48. The van der Waals surface area contributed by atoms with Crippen LogP contribution in [0.25, 0.3) is 11.3 Å². The Morgan fingerprint density at radius 3 is 2.59 bits per heavy atom. The molecule has 1 N–H and O–H groups in total. The van der Waals surface area contributed by atoms with E-state index in [2.05, 4.69) is 10.3 Å². The number of ether oxygens (including phenoxy) is 1. The highest BCUT2D eigenvalue weighted by Gasteiger charge is 2.08. The first-order valence-electron chi connectivity index (χ1n) is 8.77. The minimum Gasteiger partial charge on any atom is -0.493 e. The summed E-state index contributed by atoms with van der Waals surface area (Å²) in [6.45, 7) is 0.518. The van der Waals surface area contributed by atoms with Gasteiger partial charge in [-0.3, -0.25) is 4.79 Å².